The maximum atomic E-state index is 12.6. The van der Waals surface area contributed by atoms with E-state index >= 15 is 0 Å². The van der Waals surface area contributed by atoms with Gasteiger partial charge in [0.05, 0.1) is 12.1 Å². The van der Waals surface area contributed by atoms with Crippen LogP contribution in [0.4, 0.5) is 0 Å². The summed E-state index contributed by atoms with van der Waals surface area (Å²) >= 11 is 3.98. The van der Waals surface area contributed by atoms with E-state index in [1.807, 2.05) is 20.1 Å². The summed E-state index contributed by atoms with van der Waals surface area (Å²) in [6, 6.07) is 3.76. The Bertz CT molecular complexity index is 609. The van der Waals surface area contributed by atoms with Crippen LogP contribution in [0, 0.1) is 5.92 Å². The molecule has 143 valence electrons. The van der Waals surface area contributed by atoms with Crippen molar-refractivity contribution in [3.63, 3.8) is 0 Å². The van der Waals surface area contributed by atoms with Crippen molar-refractivity contribution < 1.29 is 19.5 Å². The number of nitrogens with one attached hydrogen (secondary N) is 2. The van der Waals surface area contributed by atoms with Crippen molar-refractivity contribution in [3.8, 4) is 5.75 Å². The number of carbonyl (C=O) groups is 2. The molecule has 0 aromatic heterocycles. The van der Waals surface area contributed by atoms with Crippen LogP contribution in [0.2, 0.25) is 0 Å². The van der Waals surface area contributed by atoms with Crippen molar-refractivity contribution in [2.75, 3.05) is 5.75 Å². The lowest BCUT2D eigenvalue weighted by atomic mass is 9.99. The van der Waals surface area contributed by atoms with Gasteiger partial charge in [-0.1, -0.05) is 32.4 Å². The number of phenolic OH excluding ortho intramolecular Hbond substituents is 1. The summed E-state index contributed by atoms with van der Waals surface area (Å²) in [6.07, 6.45) is 2.71. The minimum Gasteiger partial charge on any atom is -0.508 e. The van der Waals surface area contributed by atoms with Crippen molar-refractivity contribution in [2.45, 2.75) is 44.8 Å². The van der Waals surface area contributed by atoms with Gasteiger partial charge in [-0.15, -0.1) is 0 Å². The van der Waals surface area contributed by atoms with E-state index in [9.17, 15) is 19.5 Å². The fourth-order valence-electron chi connectivity index (χ4n) is 2.22. The molecule has 0 unspecified atom stereocenters. The molecule has 2 amide bonds. The maximum absolute atomic E-state index is 12.6. The molecule has 0 aliphatic heterocycles. The van der Waals surface area contributed by atoms with Gasteiger partial charge < -0.3 is 21.5 Å². The van der Waals surface area contributed by atoms with Crippen LogP contribution in [0.25, 0.3) is 0 Å². The molecule has 0 aliphatic rings. The molecular weight excluding hydrogens is 354 g/mol. The van der Waals surface area contributed by atoms with Crippen LogP contribution in [0.3, 0.4) is 0 Å². The summed E-state index contributed by atoms with van der Waals surface area (Å²) in [5.41, 5.74) is 6.39. The minimum absolute atomic E-state index is 0.0822. The van der Waals surface area contributed by atoms with Gasteiger partial charge in [0.25, 0.3) is 0 Å². The third-order valence-electron chi connectivity index (χ3n) is 4.18. The maximum Gasteiger partial charge on any atom is 0.243 e. The molecular formula is C18H26N3O4S. The lowest BCUT2D eigenvalue weighted by Crippen LogP contribution is -2.55. The quantitative estimate of drug-likeness (QED) is 0.374. The Kier molecular flexibility index (Phi) is 9.15. The number of nitrogens with two attached hydrogens (primary N) is 1. The van der Waals surface area contributed by atoms with E-state index in [0.717, 1.165) is 5.56 Å². The predicted molar refractivity (Wildman–Crippen MR) is 103 cm³/mol. The molecule has 0 spiro atoms. The van der Waals surface area contributed by atoms with Crippen LogP contribution in [-0.4, -0.2) is 47.1 Å². The van der Waals surface area contributed by atoms with Crippen molar-refractivity contribution in [3.05, 3.63) is 29.8 Å². The van der Waals surface area contributed by atoms with Crippen LogP contribution in [0.1, 0.15) is 25.8 Å². The average molecular weight is 380 g/mol. The molecule has 8 heteroatoms. The highest BCUT2D eigenvalue weighted by atomic mass is 32.1. The Labute approximate surface area is 159 Å². The molecule has 0 saturated carbocycles. The number of benzene rings is 1. The van der Waals surface area contributed by atoms with E-state index in [2.05, 4.69) is 23.3 Å². The number of phenols is 1. The molecule has 4 atom stereocenters. The topological polar surface area (TPSA) is 122 Å². The zero-order valence-electron chi connectivity index (χ0n) is 14.9. The van der Waals surface area contributed by atoms with Crippen molar-refractivity contribution >= 4 is 30.7 Å². The van der Waals surface area contributed by atoms with E-state index in [4.69, 9.17) is 5.73 Å². The van der Waals surface area contributed by atoms with Crippen molar-refractivity contribution in [2.24, 2.45) is 11.7 Å². The molecule has 1 radical (unpaired) electrons. The molecule has 26 heavy (non-hydrogen) atoms. The second-order valence-electron chi connectivity index (χ2n) is 6.21. The summed E-state index contributed by atoms with van der Waals surface area (Å²) in [5, 5.41) is 14.6. The highest BCUT2D eigenvalue weighted by molar-refractivity contribution is 7.80. The fourth-order valence-corrected chi connectivity index (χ4v) is 2.38. The van der Waals surface area contributed by atoms with Gasteiger partial charge in [-0.3, -0.25) is 14.4 Å². The minimum atomic E-state index is -0.919. The van der Waals surface area contributed by atoms with Gasteiger partial charge in [0.15, 0.2) is 0 Å². The summed E-state index contributed by atoms with van der Waals surface area (Å²) in [4.78, 5) is 35.9. The number of rotatable bonds is 10. The highest BCUT2D eigenvalue weighted by Gasteiger charge is 2.27. The molecule has 1 aromatic rings. The number of amides is 2. The van der Waals surface area contributed by atoms with Crippen LogP contribution >= 0.6 is 12.6 Å². The summed E-state index contributed by atoms with van der Waals surface area (Å²) < 4.78 is 0. The Morgan fingerprint density at radius 1 is 1.23 bits per heavy atom. The van der Waals surface area contributed by atoms with Crippen LogP contribution in [0.5, 0.6) is 5.75 Å². The third kappa shape index (κ3) is 6.68. The standard InChI is InChI=1S/C18H26N3O4S/c1-3-11(2)16(9-22)21-18(25)15(20-17(24)14(19)10-26)8-12-4-6-13(23)7-5-12/h4-7,11,14-16,23,26H,3,8,10,19H2,1-2H3,(H,20,24)(H,21,25)/t11-,14-,15-,16+/m0/s1. The number of thiol groups is 1. The Morgan fingerprint density at radius 2 is 1.85 bits per heavy atom. The molecule has 7 nitrogen and oxygen atoms in total. The average Bonchev–Trinajstić information content (AvgIpc) is 2.65. The van der Waals surface area contributed by atoms with Crippen LogP contribution in [-0.2, 0) is 20.8 Å². The molecule has 5 N–H and O–H groups in total. The summed E-state index contributed by atoms with van der Waals surface area (Å²) in [7, 11) is 0. The number of hydrogen-bond acceptors (Lipinski definition) is 6. The molecule has 0 bridgehead atoms. The normalized spacial score (nSPS) is 15.4. The van der Waals surface area contributed by atoms with E-state index in [1.54, 1.807) is 12.1 Å². The largest absolute Gasteiger partial charge is 0.508 e. The SMILES string of the molecule is CC[C@H](C)[C@@H]([C]=O)NC(=O)[C@H](Cc1ccc(O)cc1)NC(=O)[C@@H](N)CS. The molecule has 1 aromatic carbocycles. The van der Waals surface area contributed by atoms with Gasteiger partial charge in [-0.2, -0.15) is 12.6 Å². The molecule has 0 heterocycles. The Morgan fingerprint density at radius 3 is 2.35 bits per heavy atom. The first-order chi connectivity index (χ1) is 12.3. The second kappa shape index (κ2) is 10.8. The zero-order valence-corrected chi connectivity index (χ0v) is 15.8. The highest BCUT2D eigenvalue weighted by Crippen LogP contribution is 2.12. The Hall–Kier alpha value is -2.06. The van der Waals surface area contributed by atoms with Gasteiger partial charge in [-0.25, -0.2) is 0 Å². The molecule has 0 fully saturated rings. The molecule has 0 saturated heterocycles. The van der Waals surface area contributed by atoms with E-state index < -0.39 is 29.9 Å². The Balaban J connectivity index is 2.94. The molecule has 0 aliphatic carbocycles. The van der Waals surface area contributed by atoms with Crippen LogP contribution in [0.15, 0.2) is 24.3 Å². The monoisotopic (exact) mass is 380 g/mol. The van der Waals surface area contributed by atoms with E-state index in [1.165, 1.54) is 12.1 Å². The van der Waals surface area contributed by atoms with Crippen LogP contribution < -0.4 is 16.4 Å². The lowest BCUT2D eigenvalue weighted by molar-refractivity contribution is -0.129. The number of carbonyl (C=O) groups excluding carboxylic acids is 3. The predicted octanol–water partition coefficient (Wildman–Crippen LogP) is 0.317. The van der Waals surface area contributed by atoms with Crippen molar-refractivity contribution in [1.82, 2.24) is 10.6 Å². The van der Waals surface area contributed by atoms with Gasteiger partial charge in [0, 0.05) is 12.2 Å². The lowest BCUT2D eigenvalue weighted by Gasteiger charge is -2.24. The first-order valence-electron chi connectivity index (χ1n) is 8.45. The summed E-state index contributed by atoms with van der Waals surface area (Å²) in [5.74, 6) is -0.846. The fraction of sp³-hybridized carbons (Fsp3) is 0.500. The van der Waals surface area contributed by atoms with E-state index in [-0.39, 0.29) is 23.8 Å². The van der Waals surface area contributed by atoms with Gasteiger partial charge in [0.1, 0.15) is 11.8 Å². The molecule has 1 rings (SSSR count). The second-order valence-corrected chi connectivity index (χ2v) is 6.58. The summed E-state index contributed by atoms with van der Waals surface area (Å²) in [6.45, 7) is 3.74. The first kappa shape index (κ1) is 22.0. The van der Waals surface area contributed by atoms with Gasteiger partial charge >= 0.3 is 0 Å². The van der Waals surface area contributed by atoms with Gasteiger partial charge in [-0.05, 0) is 23.6 Å². The smallest absolute Gasteiger partial charge is 0.243 e. The van der Waals surface area contributed by atoms with Gasteiger partial charge in [0.2, 0.25) is 18.1 Å². The first-order valence-corrected chi connectivity index (χ1v) is 9.08. The number of hydrogen-bond donors (Lipinski definition) is 5. The number of aromatic hydroxyl groups is 1. The van der Waals surface area contributed by atoms with E-state index in [0.29, 0.717) is 6.42 Å². The third-order valence-corrected chi connectivity index (χ3v) is 4.57. The van der Waals surface area contributed by atoms with Crippen molar-refractivity contribution in [1.29, 1.82) is 0 Å². The zero-order chi connectivity index (χ0) is 19.7.